The lowest BCUT2D eigenvalue weighted by Gasteiger charge is -2.16. The van der Waals surface area contributed by atoms with Crippen molar-refractivity contribution in [1.82, 2.24) is 4.72 Å². The van der Waals surface area contributed by atoms with Gasteiger partial charge < -0.3 is 5.11 Å². The van der Waals surface area contributed by atoms with Gasteiger partial charge in [0.1, 0.15) is 5.54 Å². The van der Waals surface area contributed by atoms with Crippen molar-refractivity contribution in [3.05, 3.63) is 89.4 Å². The Balaban J connectivity index is 1.58. The van der Waals surface area contributed by atoms with E-state index in [2.05, 4.69) is 4.72 Å². The third kappa shape index (κ3) is 3.79. The van der Waals surface area contributed by atoms with Gasteiger partial charge in [0.15, 0.2) is 0 Å². The quantitative estimate of drug-likeness (QED) is 0.614. The number of nitrogens with one attached hydrogen (secondary N) is 1. The average Bonchev–Trinajstić information content (AvgIpc) is 3.44. The number of carboxylic acids is 1. The zero-order valence-electron chi connectivity index (χ0n) is 15.2. The summed E-state index contributed by atoms with van der Waals surface area (Å²) in [4.78, 5) is 11.9. The zero-order chi connectivity index (χ0) is 20.6. The SMILES string of the molecule is O=C(O)[C@]1(NS(=O)(=O)c2ccc(-c3ccc(Cl)cc3)cc2)C[C@H]1c1ccccc1. The van der Waals surface area contributed by atoms with Gasteiger partial charge in [-0.3, -0.25) is 4.79 Å². The van der Waals surface area contributed by atoms with Crippen LogP contribution in [0.3, 0.4) is 0 Å². The van der Waals surface area contributed by atoms with E-state index in [1.165, 1.54) is 12.1 Å². The van der Waals surface area contributed by atoms with Crippen molar-refractivity contribution in [2.75, 3.05) is 0 Å². The molecule has 2 N–H and O–H groups in total. The number of sulfonamides is 1. The first-order valence-electron chi connectivity index (χ1n) is 9.00. The van der Waals surface area contributed by atoms with Gasteiger partial charge in [0, 0.05) is 10.9 Å². The van der Waals surface area contributed by atoms with Crippen molar-refractivity contribution in [3.63, 3.8) is 0 Å². The summed E-state index contributed by atoms with van der Waals surface area (Å²) in [6.45, 7) is 0. The Morgan fingerprint density at radius 3 is 2.03 bits per heavy atom. The second-order valence-electron chi connectivity index (χ2n) is 7.08. The molecule has 5 nitrogen and oxygen atoms in total. The van der Waals surface area contributed by atoms with Gasteiger partial charge in [0.2, 0.25) is 10.0 Å². The van der Waals surface area contributed by atoms with E-state index in [9.17, 15) is 18.3 Å². The van der Waals surface area contributed by atoms with Crippen LogP contribution >= 0.6 is 11.6 Å². The van der Waals surface area contributed by atoms with Gasteiger partial charge >= 0.3 is 5.97 Å². The van der Waals surface area contributed by atoms with E-state index < -0.39 is 27.4 Å². The van der Waals surface area contributed by atoms with E-state index in [4.69, 9.17) is 11.6 Å². The summed E-state index contributed by atoms with van der Waals surface area (Å²) in [6.07, 6.45) is 0.217. The monoisotopic (exact) mass is 427 g/mol. The summed E-state index contributed by atoms with van der Waals surface area (Å²) in [7, 11) is -4.00. The van der Waals surface area contributed by atoms with Gasteiger partial charge in [-0.05, 0) is 47.4 Å². The molecule has 0 aliphatic heterocycles. The van der Waals surface area contributed by atoms with E-state index in [0.717, 1.165) is 16.7 Å². The lowest BCUT2D eigenvalue weighted by Crippen LogP contribution is -2.44. The van der Waals surface area contributed by atoms with Crippen molar-refractivity contribution >= 4 is 27.6 Å². The van der Waals surface area contributed by atoms with Gasteiger partial charge in [-0.15, -0.1) is 0 Å². The second kappa shape index (κ2) is 7.30. The maximum absolute atomic E-state index is 12.9. The van der Waals surface area contributed by atoms with E-state index in [1.54, 1.807) is 24.3 Å². The minimum Gasteiger partial charge on any atom is -0.480 e. The van der Waals surface area contributed by atoms with Crippen LogP contribution in [0.5, 0.6) is 0 Å². The van der Waals surface area contributed by atoms with Crippen molar-refractivity contribution in [2.24, 2.45) is 0 Å². The smallest absolute Gasteiger partial charge is 0.325 e. The lowest BCUT2D eigenvalue weighted by molar-refractivity contribution is -0.140. The van der Waals surface area contributed by atoms with E-state index in [1.807, 2.05) is 42.5 Å². The molecule has 3 aromatic carbocycles. The molecule has 0 aromatic heterocycles. The molecule has 1 fully saturated rings. The molecule has 0 radical (unpaired) electrons. The number of carbonyl (C=O) groups is 1. The van der Waals surface area contributed by atoms with Crippen LogP contribution in [0.25, 0.3) is 11.1 Å². The normalized spacial score (nSPS) is 20.9. The molecule has 7 heteroatoms. The first-order valence-corrected chi connectivity index (χ1v) is 10.9. The highest BCUT2D eigenvalue weighted by Crippen LogP contribution is 2.52. The number of halogens is 1. The Hall–Kier alpha value is -2.67. The zero-order valence-corrected chi connectivity index (χ0v) is 16.8. The summed E-state index contributed by atoms with van der Waals surface area (Å²) in [6, 6.07) is 22.6. The largest absolute Gasteiger partial charge is 0.480 e. The van der Waals surface area contributed by atoms with Crippen LogP contribution in [-0.2, 0) is 14.8 Å². The van der Waals surface area contributed by atoms with Crippen molar-refractivity contribution in [2.45, 2.75) is 22.8 Å². The first-order chi connectivity index (χ1) is 13.8. The van der Waals surface area contributed by atoms with Crippen LogP contribution < -0.4 is 4.72 Å². The maximum Gasteiger partial charge on any atom is 0.325 e. The van der Waals surface area contributed by atoms with Gasteiger partial charge in [-0.2, -0.15) is 4.72 Å². The Morgan fingerprint density at radius 2 is 1.48 bits per heavy atom. The minimum atomic E-state index is -4.00. The summed E-state index contributed by atoms with van der Waals surface area (Å²) >= 11 is 5.90. The fourth-order valence-corrected chi connectivity index (χ4v) is 5.04. The Morgan fingerprint density at radius 1 is 0.931 bits per heavy atom. The van der Waals surface area contributed by atoms with Crippen LogP contribution in [0.4, 0.5) is 0 Å². The molecule has 1 aliphatic rings. The average molecular weight is 428 g/mol. The standard InChI is InChI=1S/C22H18ClNO4S/c23-18-10-6-15(7-11-18)16-8-12-19(13-9-16)29(27,28)24-22(21(25)26)14-20(22)17-4-2-1-3-5-17/h1-13,20,24H,14H2,(H,25,26)/t20-,22-/m0/s1. The second-order valence-corrected chi connectivity index (χ2v) is 9.20. The molecule has 148 valence electrons. The molecule has 1 saturated carbocycles. The molecular formula is C22H18ClNO4S. The van der Waals surface area contributed by atoms with Crippen LogP contribution in [0.1, 0.15) is 17.9 Å². The molecular weight excluding hydrogens is 410 g/mol. The van der Waals surface area contributed by atoms with Crippen LogP contribution in [0.2, 0.25) is 5.02 Å². The highest BCUT2D eigenvalue weighted by molar-refractivity contribution is 7.89. The van der Waals surface area contributed by atoms with Gasteiger partial charge in [-0.25, -0.2) is 8.42 Å². The Bertz CT molecular complexity index is 1150. The van der Waals surface area contributed by atoms with E-state index in [0.29, 0.717) is 5.02 Å². The van der Waals surface area contributed by atoms with Crippen LogP contribution in [-0.4, -0.2) is 25.0 Å². The van der Waals surface area contributed by atoms with Crippen molar-refractivity contribution in [3.8, 4) is 11.1 Å². The topological polar surface area (TPSA) is 83.5 Å². The molecule has 3 aromatic rings. The van der Waals surface area contributed by atoms with Crippen molar-refractivity contribution < 1.29 is 18.3 Å². The predicted molar refractivity (Wildman–Crippen MR) is 111 cm³/mol. The van der Waals surface area contributed by atoms with Crippen LogP contribution in [0.15, 0.2) is 83.8 Å². The Kier molecular flexibility index (Phi) is 4.94. The summed E-state index contributed by atoms with van der Waals surface area (Å²) in [5.41, 5.74) is 1.02. The summed E-state index contributed by atoms with van der Waals surface area (Å²) in [5.74, 6) is -1.57. The lowest BCUT2D eigenvalue weighted by atomic mass is 10.1. The van der Waals surface area contributed by atoms with Gasteiger partial charge in [0.05, 0.1) is 4.90 Å². The van der Waals surface area contributed by atoms with Crippen LogP contribution in [0, 0.1) is 0 Å². The Labute approximate surface area is 174 Å². The number of benzene rings is 3. The molecule has 29 heavy (non-hydrogen) atoms. The highest BCUT2D eigenvalue weighted by atomic mass is 35.5. The van der Waals surface area contributed by atoms with E-state index >= 15 is 0 Å². The molecule has 0 bridgehead atoms. The van der Waals surface area contributed by atoms with Gasteiger partial charge in [-0.1, -0.05) is 66.2 Å². The number of rotatable bonds is 6. The molecule has 2 atom stereocenters. The third-order valence-corrected chi connectivity index (χ3v) is 6.98. The fourth-order valence-electron chi connectivity index (χ4n) is 3.51. The maximum atomic E-state index is 12.9. The number of aliphatic carboxylic acids is 1. The number of carboxylic acid groups (broad SMARTS) is 1. The molecule has 0 unspecified atom stereocenters. The summed E-state index contributed by atoms with van der Waals surface area (Å²) < 4.78 is 28.2. The fraction of sp³-hybridized carbons (Fsp3) is 0.136. The third-order valence-electron chi connectivity index (χ3n) is 5.20. The minimum absolute atomic E-state index is 0.0227. The molecule has 1 aliphatic carbocycles. The number of hydrogen-bond acceptors (Lipinski definition) is 3. The van der Waals surface area contributed by atoms with Gasteiger partial charge in [0.25, 0.3) is 0 Å². The first kappa shape index (κ1) is 19.6. The van der Waals surface area contributed by atoms with Crippen molar-refractivity contribution in [1.29, 1.82) is 0 Å². The molecule has 0 saturated heterocycles. The summed E-state index contributed by atoms with van der Waals surface area (Å²) in [5, 5.41) is 10.3. The molecule has 0 spiro atoms. The molecule has 0 heterocycles. The van der Waals surface area contributed by atoms with E-state index in [-0.39, 0.29) is 11.3 Å². The number of hydrogen-bond donors (Lipinski definition) is 2. The molecule has 4 rings (SSSR count). The predicted octanol–water partition coefficient (Wildman–Crippen LogP) is 4.30. The molecule has 0 amide bonds. The highest BCUT2D eigenvalue weighted by Gasteiger charge is 2.63.